The number of rotatable bonds is 7. The lowest BCUT2D eigenvalue weighted by molar-refractivity contribution is -0.171. The van der Waals surface area contributed by atoms with Crippen molar-refractivity contribution in [3.63, 3.8) is 0 Å². The molecule has 5 heteroatoms. The first-order chi connectivity index (χ1) is 6.60. The second kappa shape index (κ2) is 8.03. The first kappa shape index (κ1) is 13.7. The molecule has 0 aliphatic heterocycles. The van der Waals surface area contributed by atoms with Gasteiger partial charge in [-0.15, -0.1) is 11.6 Å². The van der Waals surface area contributed by atoms with Gasteiger partial charge in [0.15, 0.2) is 6.29 Å². The fraction of sp³-hybridized carbons (Fsp3) is 0.889. The summed E-state index contributed by atoms with van der Waals surface area (Å²) in [6, 6.07) is 0. The third-order valence-electron chi connectivity index (χ3n) is 1.43. The Kier molecular flexibility index (Phi) is 7.84. The quantitative estimate of drug-likeness (QED) is 0.374. The van der Waals surface area contributed by atoms with Crippen LogP contribution in [0.4, 0.5) is 0 Å². The average Bonchev–Trinajstić information content (AvgIpc) is 2.12. The van der Waals surface area contributed by atoms with Crippen molar-refractivity contribution >= 4 is 17.6 Å². The highest BCUT2D eigenvalue weighted by Gasteiger charge is 2.13. The number of carbonyl (C=O) groups excluding carboxylic acids is 1. The maximum absolute atomic E-state index is 10.5. The molecule has 14 heavy (non-hydrogen) atoms. The molecule has 0 heterocycles. The van der Waals surface area contributed by atoms with Crippen molar-refractivity contribution in [2.45, 2.75) is 33.2 Å². The second-order valence-corrected chi connectivity index (χ2v) is 3.05. The molecule has 0 unspecified atom stereocenters. The van der Waals surface area contributed by atoms with Gasteiger partial charge in [-0.1, -0.05) is 0 Å². The van der Waals surface area contributed by atoms with E-state index in [1.165, 1.54) is 6.92 Å². The van der Waals surface area contributed by atoms with Crippen LogP contribution in [0.15, 0.2) is 0 Å². The third-order valence-corrected chi connectivity index (χ3v) is 1.77. The number of carbonyl (C=O) groups is 1. The number of ether oxygens (including phenoxy) is 3. The van der Waals surface area contributed by atoms with E-state index < -0.39 is 0 Å². The molecule has 0 saturated carbocycles. The topological polar surface area (TPSA) is 44.8 Å². The molecular formula is C9H17ClO4. The molecule has 0 aromatic carbocycles. The van der Waals surface area contributed by atoms with E-state index in [9.17, 15) is 4.79 Å². The molecule has 0 spiro atoms. The summed E-state index contributed by atoms with van der Waals surface area (Å²) in [6.07, 6.45) is -0.651. The van der Waals surface area contributed by atoms with Gasteiger partial charge in [0.25, 0.3) is 0 Å². The van der Waals surface area contributed by atoms with Crippen molar-refractivity contribution < 1.29 is 19.0 Å². The van der Waals surface area contributed by atoms with E-state index in [0.717, 1.165) is 0 Å². The molecule has 4 nitrogen and oxygen atoms in total. The van der Waals surface area contributed by atoms with Gasteiger partial charge in [-0.05, 0) is 13.8 Å². The zero-order valence-corrected chi connectivity index (χ0v) is 9.54. The molecule has 84 valence electrons. The van der Waals surface area contributed by atoms with E-state index in [1.54, 1.807) is 6.92 Å². The van der Waals surface area contributed by atoms with Crippen LogP contribution < -0.4 is 0 Å². The summed E-state index contributed by atoms with van der Waals surface area (Å²) in [4.78, 5) is 10.5. The van der Waals surface area contributed by atoms with Crippen LogP contribution in [0.1, 0.15) is 20.8 Å². The van der Waals surface area contributed by atoms with Crippen molar-refractivity contribution in [1.82, 2.24) is 0 Å². The minimum atomic E-state index is -0.340. The van der Waals surface area contributed by atoms with E-state index in [-0.39, 0.29) is 30.9 Å². The first-order valence-electron chi connectivity index (χ1n) is 4.56. The van der Waals surface area contributed by atoms with Crippen molar-refractivity contribution in [3.05, 3.63) is 0 Å². The van der Waals surface area contributed by atoms with Crippen LogP contribution in [0.25, 0.3) is 0 Å². The maximum Gasteiger partial charge on any atom is 0.302 e. The molecule has 0 rings (SSSR count). The molecule has 0 N–H and O–H groups in total. The van der Waals surface area contributed by atoms with Gasteiger partial charge >= 0.3 is 5.97 Å². The largest absolute Gasteiger partial charge is 0.463 e. The van der Waals surface area contributed by atoms with Gasteiger partial charge in [0, 0.05) is 13.5 Å². The van der Waals surface area contributed by atoms with Crippen LogP contribution >= 0.6 is 11.6 Å². The highest BCUT2D eigenvalue weighted by atomic mass is 35.5. The highest BCUT2D eigenvalue weighted by Crippen LogP contribution is 2.03. The third kappa shape index (κ3) is 7.12. The minimum Gasteiger partial charge on any atom is -0.463 e. The Morgan fingerprint density at radius 2 is 2.14 bits per heavy atom. The Bertz CT molecular complexity index is 163. The number of esters is 1. The Morgan fingerprint density at radius 3 is 2.57 bits per heavy atom. The smallest absolute Gasteiger partial charge is 0.302 e. The van der Waals surface area contributed by atoms with Crippen molar-refractivity contribution in [1.29, 1.82) is 0 Å². The van der Waals surface area contributed by atoms with E-state index in [2.05, 4.69) is 0 Å². The average molecular weight is 225 g/mol. The van der Waals surface area contributed by atoms with Gasteiger partial charge in [0.05, 0.1) is 5.88 Å². The van der Waals surface area contributed by atoms with Crippen molar-refractivity contribution in [2.24, 2.45) is 0 Å². The predicted molar refractivity (Wildman–Crippen MR) is 53.3 cm³/mol. The number of hydrogen-bond acceptors (Lipinski definition) is 4. The molecule has 0 saturated heterocycles. The molecule has 0 radical (unpaired) electrons. The van der Waals surface area contributed by atoms with E-state index in [0.29, 0.717) is 6.61 Å². The molecule has 0 bridgehead atoms. The molecular weight excluding hydrogens is 208 g/mol. The molecule has 0 fully saturated rings. The summed E-state index contributed by atoms with van der Waals surface area (Å²) >= 11 is 5.62. The Labute approximate surface area is 89.5 Å². The summed E-state index contributed by atoms with van der Waals surface area (Å²) < 4.78 is 15.3. The van der Waals surface area contributed by atoms with Gasteiger partial charge in [0.2, 0.25) is 0 Å². The Balaban J connectivity index is 3.71. The van der Waals surface area contributed by atoms with Crippen LogP contribution in [0.3, 0.4) is 0 Å². The standard InChI is InChI=1S/C9H17ClO4/c1-4-12-8(3)14-9(5-10)6-13-7(2)11/h8-9H,4-6H2,1-3H3/t8-,9-/m0/s1. The van der Waals surface area contributed by atoms with Crippen molar-refractivity contribution in [2.75, 3.05) is 19.1 Å². The van der Waals surface area contributed by atoms with E-state index >= 15 is 0 Å². The summed E-state index contributed by atoms with van der Waals surface area (Å²) in [5.74, 6) is -0.0715. The molecule has 0 amide bonds. The van der Waals surface area contributed by atoms with Crippen molar-refractivity contribution in [3.8, 4) is 0 Å². The fourth-order valence-electron chi connectivity index (χ4n) is 0.876. The van der Waals surface area contributed by atoms with E-state index in [4.69, 9.17) is 25.8 Å². The van der Waals surface area contributed by atoms with Gasteiger partial charge in [0.1, 0.15) is 12.7 Å². The Hall–Kier alpha value is -0.320. The summed E-state index contributed by atoms with van der Waals surface area (Å²) in [6.45, 7) is 5.73. The first-order valence-corrected chi connectivity index (χ1v) is 5.10. The number of hydrogen-bond donors (Lipinski definition) is 0. The SMILES string of the molecule is CCO[C@H](C)O[C@@H](CCl)COC(C)=O. The lowest BCUT2D eigenvalue weighted by Gasteiger charge is -2.19. The van der Waals surface area contributed by atoms with Crippen LogP contribution in [-0.2, 0) is 19.0 Å². The molecule has 0 aromatic rings. The zero-order valence-electron chi connectivity index (χ0n) is 8.79. The van der Waals surface area contributed by atoms with Gasteiger partial charge < -0.3 is 14.2 Å². The fourth-order valence-corrected chi connectivity index (χ4v) is 1.04. The zero-order chi connectivity index (χ0) is 11.0. The molecule has 0 aliphatic carbocycles. The van der Waals surface area contributed by atoms with Crippen LogP contribution in [0.2, 0.25) is 0 Å². The normalized spacial score (nSPS) is 14.9. The number of halogens is 1. The van der Waals surface area contributed by atoms with Crippen LogP contribution in [0, 0.1) is 0 Å². The monoisotopic (exact) mass is 224 g/mol. The lowest BCUT2D eigenvalue weighted by Crippen LogP contribution is -2.28. The summed E-state index contributed by atoms with van der Waals surface area (Å²) in [5, 5.41) is 0. The predicted octanol–water partition coefficient (Wildman–Crippen LogP) is 1.56. The van der Waals surface area contributed by atoms with Gasteiger partial charge in [-0.3, -0.25) is 4.79 Å². The van der Waals surface area contributed by atoms with Gasteiger partial charge in [-0.25, -0.2) is 0 Å². The van der Waals surface area contributed by atoms with E-state index in [1.807, 2.05) is 6.92 Å². The number of alkyl halides is 1. The maximum atomic E-state index is 10.5. The Morgan fingerprint density at radius 1 is 1.50 bits per heavy atom. The van der Waals surface area contributed by atoms with Gasteiger partial charge in [-0.2, -0.15) is 0 Å². The highest BCUT2D eigenvalue weighted by molar-refractivity contribution is 6.18. The van der Waals surface area contributed by atoms with Crippen LogP contribution in [0.5, 0.6) is 0 Å². The van der Waals surface area contributed by atoms with Crippen LogP contribution in [-0.4, -0.2) is 37.5 Å². The summed E-state index contributed by atoms with van der Waals surface area (Å²) in [5.41, 5.74) is 0. The molecule has 0 aliphatic rings. The minimum absolute atomic E-state index is 0.163. The molecule has 2 atom stereocenters. The lowest BCUT2D eigenvalue weighted by atomic mass is 10.4. The summed E-state index contributed by atoms with van der Waals surface area (Å²) in [7, 11) is 0. The second-order valence-electron chi connectivity index (χ2n) is 2.74. The molecule has 0 aromatic heterocycles.